The number of hydrogen-bond acceptors (Lipinski definition) is 4. The molecule has 0 spiro atoms. The van der Waals surface area contributed by atoms with Crippen LogP contribution in [0.3, 0.4) is 0 Å². The molecule has 0 radical (unpaired) electrons. The Morgan fingerprint density at radius 1 is 1.07 bits per heavy atom. The number of ether oxygens (including phenoxy) is 1. The van der Waals surface area contributed by atoms with Gasteiger partial charge in [-0.2, -0.15) is 4.31 Å². The number of piperidine rings is 1. The molecule has 2 aromatic rings. The topological polar surface area (TPSA) is 66.9 Å². The van der Waals surface area contributed by atoms with E-state index >= 15 is 0 Å². The Kier molecular flexibility index (Phi) is 5.22. The number of carbonyl (C=O) groups is 1. The number of benzene rings is 2. The Bertz CT molecular complexity index is 1050. The lowest BCUT2D eigenvalue weighted by Crippen LogP contribution is -2.50. The molecule has 0 atom stereocenters. The first kappa shape index (κ1) is 20.1. The maximum atomic E-state index is 14.0. The molecule has 0 saturated carbocycles. The van der Waals surface area contributed by atoms with E-state index in [0.29, 0.717) is 23.6 Å². The fourth-order valence-electron chi connectivity index (χ4n) is 3.76. The van der Waals surface area contributed by atoms with Gasteiger partial charge in [0.25, 0.3) is 0 Å². The Morgan fingerprint density at radius 3 is 2.38 bits per heavy atom. The molecule has 29 heavy (non-hydrogen) atoms. The van der Waals surface area contributed by atoms with E-state index in [4.69, 9.17) is 16.3 Å². The van der Waals surface area contributed by atoms with Gasteiger partial charge in [0, 0.05) is 29.7 Å². The van der Waals surface area contributed by atoms with Crippen LogP contribution in [0.2, 0.25) is 5.02 Å². The van der Waals surface area contributed by atoms with Crippen molar-refractivity contribution < 1.29 is 26.7 Å². The maximum absolute atomic E-state index is 14.0. The van der Waals surface area contributed by atoms with Gasteiger partial charge in [0.1, 0.15) is 18.2 Å². The van der Waals surface area contributed by atoms with E-state index in [-0.39, 0.29) is 25.7 Å². The van der Waals surface area contributed by atoms with E-state index in [1.807, 2.05) is 0 Å². The molecule has 2 heterocycles. The maximum Gasteiger partial charge on any atom is 0.414 e. The highest BCUT2D eigenvalue weighted by Gasteiger charge is 2.38. The molecule has 2 aliphatic rings. The first-order chi connectivity index (χ1) is 13.8. The lowest BCUT2D eigenvalue weighted by atomic mass is 10.0. The van der Waals surface area contributed by atoms with Crippen molar-refractivity contribution in [2.75, 3.05) is 18.0 Å². The molecule has 154 valence electrons. The van der Waals surface area contributed by atoms with Gasteiger partial charge >= 0.3 is 6.09 Å². The molecule has 6 nitrogen and oxygen atoms in total. The Morgan fingerprint density at radius 2 is 1.72 bits per heavy atom. The lowest BCUT2D eigenvalue weighted by molar-refractivity contribution is 0.136. The third kappa shape index (κ3) is 3.58. The largest absolute Gasteiger partial charge is 0.444 e. The summed E-state index contributed by atoms with van der Waals surface area (Å²) in [6.07, 6.45) is 0.0835. The summed E-state index contributed by atoms with van der Waals surface area (Å²) in [5.41, 5.74) is 1.44. The third-order valence-electron chi connectivity index (χ3n) is 5.15. The van der Waals surface area contributed by atoms with Crippen LogP contribution >= 0.6 is 11.6 Å². The van der Waals surface area contributed by atoms with Crippen LogP contribution in [0.5, 0.6) is 0 Å². The zero-order valence-electron chi connectivity index (χ0n) is 15.1. The molecule has 1 amide bonds. The van der Waals surface area contributed by atoms with Gasteiger partial charge < -0.3 is 4.74 Å². The van der Waals surface area contributed by atoms with E-state index in [1.54, 1.807) is 18.2 Å². The Labute approximate surface area is 171 Å². The first-order valence-electron chi connectivity index (χ1n) is 8.97. The van der Waals surface area contributed by atoms with Gasteiger partial charge in [-0.15, -0.1) is 0 Å². The molecular formula is C19H17ClF2N2O4S. The molecule has 0 bridgehead atoms. The highest BCUT2D eigenvalue weighted by Crippen LogP contribution is 2.34. The van der Waals surface area contributed by atoms with E-state index in [2.05, 4.69) is 0 Å². The average Bonchev–Trinajstić information content (AvgIpc) is 2.68. The van der Waals surface area contributed by atoms with Crippen LogP contribution in [0.4, 0.5) is 19.3 Å². The number of carbonyl (C=O) groups excluding carboxylic acids is 1. The highest BCUT2D eigenvalue weighted by molar-refractivity contribution is 7.89. The number of cyclic esters (lactones) is 1. The number of anilines is 1. The number of sulfonamides is 1. The third-order valence-corrected chi connectivity index (χ3v) is 7.34. The van der Waals surface area contributed by atoms with Crippen LogP contribution in [0.25, 0.3) is 0 Å². The summed E-state index contributed by atoms with van der Waals surface area (Å²) in [6, 6.07) is 7.75. The minimum Gasteiger partial charge on any atom is -0.444 e. The molecule has 4 rings (SSSR count). The molecule has 2 aromatic carbocycles. The summed E-state index contributed by atoms with van der Waals surface area (Å²) < 4.78 is 59.7. The lowest BCUT2D eigenvalue weighted by Gasteiger charge is -2.39. The van der Waals surface area contributed by atoms with E-state index in [1.165, 1.54) is 4.90 Å². The van der Waals surface area contributed by atoms with Crippen molar-refractivity contribution in [2.45, 2.75) is 30.4 Å². The average molecular weight is 443 g/mol. The van der Waals surface area contributed by atoms with Crippen LogP contribution < -0.4 is 4.90 Å². The van der Waals surface area contributed by atoms with Gasteiger partial charge in [0.05, 0.1) is 5.69 Å². The van der Waals surface area contributed by atoms with Crippen molar-refractivity contribution >= 4 is 33.4 Å². The van der Waals surface area contributed by atoms with Crippen molar-refractivity contribution in [1.29, 1.82) is 0 Å². The van der Waals surface area contributed by atoms with Gasteiger partial charge in [0.2, 0.25) is 10.0 Å². The Balaban J connectivity index is 1.55. The second-order valence-electron chi connectivity index (χ2n) is 6.88. The Hall–Kier alpha value is -2.23. The van der Waals surface area contributed by atoms with Crippen molar-refractivity contribution in [1.82, 2.24) is 4.31 Å². The van der Waals surface area contributed by atoms with E-state index in [9.17, 15) is 22.0 Å². The number of rotatable bonds is 3. The summed E-state index contributed by atoms with van der Waals surface area (Å²) in [5, 5.41) is 0.523. The number of fused-ring (bicyclic) bond motifs is 1. The van der Waals surface area contributed by atoms with Crippen LogP contribution in [0, 0.1) is 11.6 Å². The molecule has 0 aliphatic carbocycles. The van der Waals surface area contributed by atoms with Gasteiger partial charge in [-0.25, -0.2) is 22.0 Å². The summed E-state index contributed by atoms with van der Waals surface area (Å²) in [6.45, 7) is 0.159. The van der Waals surface area contributed by atoms with Gasteiger partial charge in [-0.3, -0.25) is 4.90 Å². The van der Waals surface area contributed by atoms with Gasteiger partial charge in [-0.1, -0.05) is 17.7 Å². The molecular weight excluding hydrogens is 426 g/mol. The van der Waals surface area contributed by atoms with Gasteiger partial charge in [-0.05, 0) is 43.2 Å². The summed E-state index contributed by atoms with van der Waals surface area (Å²) >= 11 is 6.01. The van der Waals surface area contributed by atoms with E-state index in [0.717, 1.165) is 28.1 Å². The minimum absolute atomic E-state index is 0.0213. The standard InChI is InChI=1S/C19H17ClF2N2O4S/c20-13-4-5-17-12(10-13)11-28-19(25)24(17)14-6-8-23(9-7-14)29(26,27)18-15(21)2-1-3-16(18)22/h1-5,10,14H,6-9,11H2. The monoisotopic (exact) mass is 442 g/mol. The fourth-order valence-corrected chi connectivity index (χ4v) is 5.53. The number of nitrogens with zero attached hydrogens (tertiary/aromatic N) is 2. The van der Waals surface area contributed by atoms with Crippen molar-refractivity contribution in [3.05, 3.63) is 58.6 Å². The van der Waals surface area contributed by atoms with Crippen molar-refractivity contribution in [3.8, 4) is 0 Å². The molecule has 0 N–H and O–H groups in total. The normalized spacial score (nSPS) is 18.4. The molecule has 0 aromatic heterocycles. The molecule has 1 saturated heterocycles. The first-order valence-corrected chi connectivity index (χ1v) is 10.8. The van der Waals surface area contributed by atoms with Crippen LogP contribution in [-0.2, 0) is 21.4 Å². The number of hydrogen-bond donors (Lipinski definition) is 0. The van der Waals surface area contributed by atoms with E-state index < -0.39 is 32.6 Å². The predicted molar refractivity (Wildman–Crippen MR) is 102 cm³/mol. The molecule has 10 heteroatoms. The summed E-state index contributed by atoms with van der Waals surface area (Å²) in [5.74, 6) is -2.25. The fraction of sp³-hybridized carbons (Fsp3) is 0.316. The SMILES string of the molecule is O=C1OCc2cc(Cl)ccc2N1C1CCN(S(=O)(=O)c2c(F)cccc2F)CC1. The number of amides is 1. The smallest absolute Gasteiger partial charge is 0.414 e. The van der Waals surface area contributed by atoms with Crippen molar-refractivity contribution in [3.63, 3.8) is 0 Å². The zero-order chi connectivity index (χ0) is 20.8. The van der Waals surface area contributed by atoms with Crippen LogP contribution in [0.15, 0.2) is 41.3 Å². The second-order valence-corrected chi connectivity index (χ2v) is 9.19. The van der Waals surface area contributed by atoms with Crippen LogP contribution in [0.1, 0.15) is 18.4 Å². The second kappa shape index (κ2) is 7.55. The van der Waals surface area contributed by atoms with Crippen LogP contribution in [-0.4, -0.2) is 37.9 Å². The highest BCUT2D eigenvalue weighted by atomic mass is 35.5. The quantitative estimate of drug-likeness (QED) is 0.722. The van der Waals surface area contributed by atoms with Crippen molar-refractivity contribution in [2.24, 2.45) is 0 Å². The minimum atomic E-state index is -4.33. The molecule has 1 fully saturated rings. The zero-order valence-corrected chi connectivity index (χ0v) is 16.7. The molecule has 0 unspecified atom stereocenters. The summed E-state index contributed by atoms with van der Waals surface area (Å²) in [4.78, 5) is 12.9. The summed E-state index contributed by atoms with van der Waals surface area (Å²) in [7, 11) is -4.33. The number of halogens is 3. The van der Waals surface area contributed by atoms with Gasteiger partial charge in [0.15, 0.2) is 4.90 Å². The molecule has 2 aliphatic heterocycles. The predicted octanol–water partition coefficient (Wildman–Crippen LogP) is 3.93.